The van der Waals surface area contributed by atoms with Gasteiger partial charge in [0, 0.05) is 6.42 Å². The van der Waals surface area contributed by atoms with E-state index in [2.05, 4.69) is 12.2 Å². The lowest BCUT2D eigenvalue weighted by Crippen LogP contribution is -2.65. The van der Waals surface area contributed by atoms with Gasteiger partial charge in [-0.25, -0.2) is 0 Å². The number of hydrogen-bond acceptors (Lipinski definition) is 13. The quantitative estimate of drug-likeness (QED) is 0.0219. The van der Waals surface area contributed by atoms with Crippen LogP contribution in [0.15, 0.2) is 12.2 Å². The fourth-order valence-corrected chi connectivity index (χ4v) is 8.86. The van der Waals surface area contributed by atoms with E-state index < -0.39 is 86.8 Å². The number of allylic oxidation sites excluding steroid dienone is 1. The lowest BCUT2D eigenvalue weighted by atomic mass is 9.97. The molecule has 0 saturated carbocycles. The highest BCUT2D eigenvalue weighted by atomic mass is 16.7. The van der Waals surface area contributed by atoms with E-state index in [1.54, 1.807) is 6.08 Å². The van der Waals surface area contributed by atoms with E-state index in [1.807, 2.05) is 13.0 Å². The summed E-state index contributed by atoms with van der Waals surface area (Å²) < 4.78 is 22.5. The number of unbranched alkanes of at least 4 members (excludes halogenated alkanes) is 28. The van der Waals surface area contributed by atoms with Crippen LogP contribution in [0.4, 0.5) is 0 Å². The van der Waals surface area contributed by atoms with Gasteiger partial charge in [0.25, 0.3) is 0 Å². The molecule has 2 aliphatic rings. The van der Waals surface area contributed by atoms with Crippen LogP contribution in [0.2, 0.25) is 0 Å². The minimum absolute atomic E-state index is 0.258. The second kappa shape index (κ2) is 38.6. The highest BCUT2D eigenvalue weighted by Gasteiger charge is 2.51. The molecule has 12 unspecified atom stereocenters. The molecule has 12 atom stereocenters. The van der Waals surface area contributed by atoms with Crippen molar-refractivity contribution in [2.45, 2.75) is 286 Å². The molecule has 0 bridgehead atoms. The number of carbonyl (C=O) groups excluding carboxylic acids is 1. The van der Waals surface area contributed by atoms with Gasteiger partial charge in [0.05, 0.1) is 32.0 Å². The minimum Gasteiger partial charge on any atom is -0.394 e. The first-order chi connectivity index (χ1) is 31.6. The van der Waals surface area contributed by atoms with Gasteiger partial charge in [-0.15, -0.1) is 0 Å². The Morgan fingerprint density at radius 1 is 0.538 bits per heavy atom. The Morgan fingerprint density at radius 3 is 1.40 bits per heavy atom. The van der Waals surface area contributed by atoms with E-state index >= 15 is 0 Å². The first kappa shape index (κ1) is 59.9. The van der Waals surface area contributed by atoms with E-state index in [-0.39, 0.29) is 18.9 Å². The smallest absolute Gasteiger partial charge is 0.220 e. The number of aliphatic hydroxyl groups is 8. The summed E-state index contributed by atoms with van der Waals surface area (Å²) in [6.07, 6.45) is 25.7. The highest BCUT2D eigenvalue weighted by Crippen LogP contribution is 2.30. The van der Waals surface area contributed by atoms with Crippen molar-refractivity contribution in [3.05, 3.63) is 12.2 Å². The zero-order valence-corrected chi connectivity index (χ0v) is 40.7. The van der Waals surface area contributed by atoms with Crippen LogP contribution in [0.3, 0.4) is 0 Å². The van der Waals surface area contributed by atoms with E-state index in [4.69, 9.17) is 18.9 Å². The third-order valence-corrected chi connectivity index (χ3v) is 13.2. The Bertz CT molecular complexity index is 1150. The molecule has 9 N–H and O–H groups in total. The van der Waals surface area contributed by atoms with Gasteiger partial charge in [0.15, 0.2) is 12.6 Å². The maximum Gasteiger partial charge on any atom is 0.220 e. The number of nitrogens with one attached hydrogen (secondary N) is 1. The van der Waals surface area contributed by atoms with Crippen molar-refractivity contribution in [1.82, 2.24) is 5.32 Å². The molecular formula is C51H97NO13. The molecule has 2 aliphatic heterocycles. The maximum absolute atomic E-state index is 12.7. The van der Waals surface area contributed by atoms with Crippen molar-refractivity contribution >= 4 is 5.91 Å². The fourth-order valence-electron chi connectivity index (χ4n) is 8.86. The molecule has 65 heavy (non-hydrogen) atoms. The Balaban J connectivity index is 1.57. The summed E-state index contributed by atoms with van der Waals surface area (Å²) in [7, 11) is 0. The minimum atomic E-state index is -1.78. The number of aliphatic hydroxyl groups excluding tert-OH is 8. The molecule has 0 aromatic heterocycles. The molecule has 14 heteroatoms. The number of ether oxygens (including phenoxy) is 4. The van der Waals surface area contributed by atoms with Gasteiger partial charge in [0.2, 0.25) is 5.91 Å². The number of carbonyl (C=O) groups is 1. The third kappa shape index (κ3) is 25.8. The van der Waals surface area contributed by atoms with Gasteiger partial charge >= 0.3 is 0 Å². The summed E-state index contributed by atoms with van der Waals surface area (Å²) in [5, 5.41) is 85.9. The molecule has 384 valence electrons. The van der Waals surface area contributed by atoms with Crippen LogP contribution < -0.4 is 5.32 Å². The Hall–Kier alpha value is -1.27. The Labute approximate surface area is 393 Å². The first-order valence-corrected chi connectivity index (χ1v) is 26.4. The average Bonchev–Trinajstić information content (AvgIpc) is 3.30. The molecule has 2 saturated heterocycles. The van der Waals surface area contributed by atoms with Gasteiger partial charge < -0.3 is 65.1 Å². The molecule has 14 nitrogen and oxygen atoms in total. The molecule has 0 aliphatic carbocycles. The average molecular weight is 932 g/mol. The topological polar surface area (TPSA) is 228 Å². The summed E-state index contributed by atoms with van der Waals surface area (Å²) in [4.78, 5) is 12.7. The standard InChI is InChI=1S/C51H97NO13/c1-3-5-7-8-9-10-11-12-13-14-15-16-17-18-19-20-21-22-23-24-25-26-27-28-29-30-31-32-33-34-40(55)39(52-43(56)35-6-4-2)38-62-50-48(61)46(59)49(42(37-54)64-50)65-51-47(60)45(58)44(57)41(36-53)63-51/h33-34,39-42,44-51,53-55,57-61H,3-32,35-38H2,1-2H3,(H,52,56)/b34-33+. The zero-order valence-electron chi connectivity index (χ0n) is 40.7. The van der Waals surface area contributed by atoms with Crippen molar-refractivity contribution in [3.63, 3.8) is 0 Å². The second-order valence-corrected chi connectivity index (χ2v) is 19.0. The third-order valence-electron chi connectivity index (χ3n) is 13.2. The largest absolute Gasteiger partial charge is 0.394 e. The molecule has 0 aromatic rings. The summed E-state index contributed by atoms with van der Waals surface area (Å²) >= 11 is 0. The van der Waals surface area contributed by atoms with Crippen LogP contribution in [-0.4, -0.2) is 140 Å². The highest BCUT2D eigenvalue weighted by molar-refractivity contribution is 5.76. The Kier molecular flexibility index (Phi) is 35.5. The lowest BCUT2D eigenvalue weighted by Gasteiger charge is -2.46. The summed E-state index contributed by atoms with van der Waals surface area (Å²) in [5.74, 6) is -0.273. The second-order valence-electron chi connectivity index (χ2n) is 19.0. The van der Waals surface area contributed by atoms with Gasteiger partial charge in [-0.1, -0.05) is 199 Å². The number of hydrogen-bond donors (Lipinski definition) is 9. The molecule has 2 rings (SSSR count). The van der Waals surface area contributed by atoms with Crippen molar-refractivity contribution in [1.29, 1.82) is 0 Å². The van der Waals surface area contributed by atoms with Crippen molar-refractivity contribution in [2.75, 3.05) is 19.8 Å². The van der Waals surface area contributed by atoms with Crippen LogP contribution in [0.1, 0.15) is 213 Å². The molecular weight excluding hydrogens is 835 g/mol. The molecule has 2 fully saturated rings. The van der Waals surface area contributed by atoms with E-state index in [1.165, 1.54) is 161 Å². The molecule has 0 spiro atoms. The van der Waals surface area contributed by atoms with Gasteiger partial charge in [-0.05, 0) is 19.3 Å². The monoisotopic (exact) mass is 932 g/mol. The van der Waals surface area contributed by atoms with Crippen LogP contribution >= 0.6 is 0 Å². The Morgan fingerprint density at radius 2 is 0.954 bits per heavy atom. The van der Waals surface area contributed by atoms with E-state index in [0.717, 1.165) is 25.7 Å². The summed E-state index contributed by atoms with van der Waals surface area (Å²) in [5.41, 5.74) is 0. The van der Waals surface area contributed by atoms with Crippen LogP contribution in [0, 0.1) is 0 Å². The normalized spacial score (nSPS) is 27.0. The van der Waals surface area contributed by atoms with E-state index in [9.17, 15) is 45.6 Å². The first-order valence-electron chi connectivity index (χ1n) is 26.4. The lowest BCUT2D eigenvalue weighted by molar-refractivity contribution is -0.359. The van der Waals surface area contributed by atoms with Crippen LogP contribution in [0.25, 0.3) is 0 Å². The maximum atomic E-state index is 12.7. The fraction of sp³-hybridized carbons (Fsp3) is 0.941. The molecule has 1 amide bonds. The van der Waals surface area contributed by atoms with Gasteiger partial charge in [-0.3, -0.25) is 4.79 Å². The van der Waals surface area contributed by atoms with Crippen molar-refractivity contribution in [3.8, 4) is 0 Å². The number of rotatable bonds is 41. The van der Waals surface area contributed by atoms with Crippen molar-refractivity contribution < 1.29 is 64.6 Å². The molecule has 0 radical (unpaired) electrons. The molecule has 2 heterocycles. The number of amides is 1. The predicted octanol–water partition coefficient (Wildman–Crippen LogP) is 7.16. The zero-order chi connectivity index (χ0) is 47.5. The SMILES string of the molecule is CCCCCCCCCCCCCCCCCCCCCCCCCCCCC/C=C/C(O)C(COC1OC(CO)C(OC2OC(CO)C(O)C(O)C2O)C(O)C1O)NC(=O)CCCC. The van der Waals surface area contributed by atoms with Crippen LogP contribution in [-0.2, 0) is 23.7 Å². The van der Waals surface area contributed by atoms with Crippen LogP contribution in [0.5, 0.6) is 0 Å². The van der Waals surface area contributed by atoms with Gasteiger partial charge in [-0.2, -0.15) is 0 Å². The van der Waals surface area contributed by atoms with Gasteiger partial charge in [0.1, 0.15) is 48.8 Å². The summed E-state index contributed by atoms with van der Waals surface area (Å²) in [6.45, 7) is 2.54. The van der Waals surface area contributed by atoms with E-state index in [0.29, 0.717) is 6.42 Å². The summed E-state index contributed by atoms with van der Waals surface area (Å²) in [6, 6.07) is -0.905. The predicted molar refractivity (Wildman–Crippen MR) is 254 cm³/mol. The molecule has 0 aromatic carbocycles. The van der Waals surface area contributed by atoms with Crippen molar-refractivity contribution in [2.24, 2.45) is 0 Å².